The Bertz CT molecular complexity index is 508. The molecule has 0 spiro atoms. The largest absolute Gasteiger partial charge is 0.457 e. The second kappa shape index (κ2) is 8.27. The molecule has 0 bridgehead atoms. The number of anilines is 1. The minimum absolute atomic E-state index is 0.505. The summed E-state index contributed by atoms with van der Waals surface area (Å²) in [7, 11) is 0. The van der Waals surface area contributed by atoms with E-state index < -0.39 is 14.4 Å². The first-order chi connectivity index (χ1) is 10.3. The lowest BCUT2D eigenvalue weighted by molar-refractivity contribution is 0.687. The van der Waals surface area contributed by atoms with Gasteiger partial charge in [-0.15, -0.1) is 0 Å². The lowest BCUT2D eigenvalue weighted by Gasteiger charge is -2.38. The molecule has 1 nitrogen and oxygen atoms in total. The van der Waals surface area contributed by atoms with E-state index in [4.69, 9.17) is 0 Å². The highest BCUT2D eigenvalue weighted by molar-refractivity contribution is 6.63. The maximum atomic E-state index is 2.76. The zero-order valence-corrected chi connectivity index (χ0v) is 14.7. The summed E-state index contributed by atoms with van der Waals surface area (Å²) in [5.74, 6) is 0. The van der Waals surface area contributed by atoms with Crippen LogP contribution in [-0.2, 0) is 0 Å². The molecular formula is C19H26AlN. The lowest BCUT2D eigenvalue weighted by Crippen LogP contribution is -2.41. The van der Waals surface area contributed by atoms with Crippen molar-refractivity contribution in [2.45, 2.75) is 43.8 Å². The fourth-order valence-electron chi connectivity index (χ4n) is 3.20. The third-order valence-electron chi connectivity index (χ3n) is 4.30. The van der Waals surface area contributed by atoms with Gasteiger partial charge in [-0.05, 0) is 24.1 Å². The van der Waals surface area contributed by atoms with E-state index >= 15 is 0 Å². The summed E-state index contributed by atoms with van der Waals surface area (Å²) in [6.45, 7) is 7.02. The summed E-state index contributed by atoms with van der Waals surface area (Å²) in [6.07, 6.45) is 1.16. The maximum Gasteiger partial charge on any atom is 0.414 e. The Balaban J connectivity index is 2.42. The molecule has 0 saturated heterocycles. The van der Waals surface area contributed by atoms with Gasteiger partial charge in [-0.3, -0.25) is 0 Å². The van der Waals surface area contributed by atoms with Crippen molar-refractivity contribution < 1.29 is 0 Å². The fourth-order valence-corrected chi connectivity index (χ4v) is 6.05. The standard InChI is InChI=1S/C15H16N.2C2H5.Al/c1-2-15(13-9-5-3-6-10-13)16-14-11-7-4-8-12-14;2*1-2;/h3-12,15H,2H2,1H3;2*1H2,2H3;/q-1;;;+1. The SMILES string of the molecule is CCC(c1ccccc1)[N](c1ccccc1)[Al]([CH2]C)[CH2]C. The molecule has 1 unspecified atom stereocenters. The topological polar surface area (TPSA) is 3.24 Å². The Labute approximate surface area is 134 Å². The molecule has 0 aliphatic carbocycles. The van der Waals surface area contributed by atoms with Gasteiger partial charge in [0.05, 0.1) is 0 Å². The lowest BCUT2D eigenvalue weighted by atomic mass is 10.0. The second-order valence-corrected chi connectivity index (χ2v) is 9.04. The molecule has 2 aromatic carbocycles. The number of hydrogen-bond acceptors (Lipinski definition) is 1. The van der Waals surface area contributed by atoms with Crippen LogP contribution in [0, 0.1) is 0 Å². The quantitative estimate of drug-likeness (QED) is 0.594. The number of hydrogen-bond donors (Lipinski definition) is 0. The molecule has 1 atom stereocenters. The van der Waals surface area contributed by atoms with Crippen molar-refractivity contribution in [3.05, 3.63) is 66.2 Å². The highest BCUT2D eigenvalue weighted by atomic mass is 27.2. The zero-order valence-electron chi connectivity index (χ0n) is 13.5. The van der Waals surface area contributed by atoms with Crippen molar-refractivity contribution in [3.8, 4) is 0 Å². The van der Waals surface area contributed by atoms with Crippen LogP contribution in [-0.4, -0.2) is 14.4 Å². The van der Waals surface area contributed by atoms with Gasteiger partial charge in [0.1, 0.15) is 0 Å². The van der Waals surface area contributed by atoms with E-state index in [9.17, 15) is 0 Å². The van der Waals surface area contributed by atoms with Gasteiger partial charge in [0, 0.05) is 11.7 Å². The van der Waals surface area contributed by atoms with Crippen LogP contribution >= 0.6 is 0 Å². The van der Waals surface area contributed by atoms with Crippen molar-refractivity contribution in [2.75, 3.05) is 3.88 Å². The Morgan fingerprint density at radius 2 is 1.33 bits per heavy atom. The van der Waals surface area contributed by atoms with Crippen LogP contribution in [0.2, 0.25) is 10.6 Å². The van der Waals surface area contributed by atoms with Gasteiger partial charge in [-0.2, -0.15) is 0 Å². The van der Waals surface area contributed by atoms with E-state index in [1.807, 2.05) is 0 Å². The van der Waals surface area contributed by atoms with Crippen LogP contribution < -0.4 is 3.88 Å². The molecule has 0 amide bonds. The average molecular weight is 295 g/mol. The van der Waals surface area contributed by atoms with E-state index in [0.29, 0.717) is 6.04 Å². The third-order valence-corrected chi connectivity index (χ3v) is 7.63. The number of nitrogens with zero attached hydrogens (tertiary/aromatic N) is 1. The summed E-state index contributed by atoms with van der Waals surface area (Å²) in [5.41, 5.74) is 2.84. The summed E-state index contributed by atoms with van der Waals surface area (Å²) in [5, 5.41) is 2.63. The minimum atomic E-state index is -0.946. The van der Waals surface area contributed by atoms with Crippen LogP contribution in [0.4, 0.5) is 5.69 Å². The van der Waals surface area contributed by atoms with Gasteiger partial charge in [0.15, 0.2) is 0 Å². The molecular weight excluding hydrogens is 269 g/mol. The molecule has 0 fully saturated rings. The maximum absolute atomic E-state index is 2.76. The molecule has 0 aromatic heterocycles. The van der Waals surface area contributed by atoms with Crippen molar-refractivity contribution >= 4 is 20.1 Å². The van der Waals surface area contributed by atoms with Crippen LogP contribution in [0.5, 0.6) is 0 Å². The van der Waals surface area contributed by atoms with Crippen LogP contribution in [0.25, 0.3) is 0 Å². The first kappa shape index (κ1) is 16.1. The van der Waals surface area contributed by atoms with Crippen LogP contribution in [0.15, 0.2) is 60.7 Å². The van der Waals surface area contributed by atoms with E-state index in [2.05, 4.69) is 85.3 Å². The summed E-state index contributed by atoms with van der Waals surface area (Å²) in [4.78, 5) is 0. The molecule has 0 N–H and O–H groups in total. The number of para-hydroxylation sites is 1. The fraction of sp³-hybridized carbons (Fsp3) is 0.368. The van der Waals surface area contributed by atoms with Gasteiger partial charge < -0.3 is 3.88 Å². The smallest absolute Gasteiger partial charge is 0.414 e. The van der Waals surface area contributed by atoms with E-state index in [1.165, 1.54) is 21.8 Å². The van der Waals surface area contributed by atoms with Crippen molar-refractivity contribution in [1.82, 2.24) is 0 Å². The summed E-state index contributed by atoms with van der Waals surface area (Å²) < 4.78 is 2.76. The Morgan fingerprint density at radius 1 is 0.810 bits per heavy atom. The van der Waals surface area contributed by atoms with Crippen LogP contribution in [0.1, 0.15) is 38.8 Å². The van der Waals surface area contributed by atoms with Crippen molar-refractivity contribution in [1.29, 1.82) is 0 Å². The van der Waals surface area contributed by atoms with Crippen molar-refractivity contribution in [2.24, 2.45) is 0 Å². The normalized spacial score (nSPS) is 12.0. The molecule has 2 aromatic rings. The van der Waals surface area contributed by atoms with Crippen LogP contribution in [0.3, 0.4) is 0 Å². The van der Waals surface area contributed by atoms with Gasteiger partial charge in [0.2, 0.25) is 0 Å². The van der Waals surface area contributed by atoms with Crippen molar-refractivity contribution in [3.63, 3.8) is 0 Å². The molecule has 0 saturated carbocycles. The second-order valence-electron chi connectivity index (χ2n) is 5.55. The summed E-state index contributed by atoms with van der Waals surface area (Å²) >= 11 is -0.946. The monoisotopic (exact) mass is 295 g/mol. The molecule has 0 radical (unpaired) electrons. The molecule has 2 heteroatoms. The Hall–Kier alpha value is -1.23. The molecule has 0 aliphatic rings. The molecule has 0 aliphatic heterocycles. The van der Waals surface area contributed by atoms with E-state index in [-0.39, 0.29) is 0 Å². The number of rotatable bonds is 7. The number of benzene rings is 2. The van der Waals surface area contributed by atoms with E-state index in [0.717, 1.165) is 6.42 Å². The van der Waals surface area contributed by atoms with Gasteiger partial charge >= 0.3 is 14.4 Å². The third kappa shape index (κ3) is 3.91. The average Bonchev–Trinajstić information content (AvgIpc) is 2.57. The first-order valence-electron chi connectivity index (χ1n) is 8.20. The Morgan fingerprint density at radius 3 is 1.81 bits per heavy atom. The highest BCUT2D eigenvalue weighted by Crippen LogP contribution is 2.32. The zero-order chi connectivity index (χ0) is 15.1. The first-order valence-corrected chi connectivity index (χ1v) is 10.3. The molecule has 110 valence electrons. The van der Waals surface area contributed by atoms with E-state index in [1.54, 1.807) is 0 Å². The van der Waals surface area contributed by atoms with Gasteiger partial charge in [0.25, 0.3) is 0 Å². The molecule has 21 heavy (non-hydrogen) atoms. The summed E-state index contributed by atoms with van der Waals surface area (Å²) in [6, 6.07) is 22.5. The highest BCUT2D eigenvalue weighted by Gasteiger charge is 2.29. The predicted molar refractivity (Wildman–Crippen MR) is 95.1 cm³/mol. The minimum Gasteiger partial charge on any atom is -0.457 e. The Kier molecular flexibility index (Phi) is 6.36. The van der Waals surface area contributed by atoms with Gasteiger partial charge in [-0.1, -0.05) is 79.9 Å². The molecule has 2 rings (SSSR count). The molecule has 0 heterocycles. The predicted octanol–water partition coefficient (Wildman–Crippen LogP) is 5.68. The van der Waals surface area contributed by atoms with Gasteiger partial charge in [-0.25, -0.2) is 0 Å².